The lowest BCUT2D eigenvalue weighted by atomic mass is 10.1. The van der Waals surface area contributed by atoms with Gasteiger partial charge in [0.2, 0.25) is 0 Å². The minimum absolute atomic E-state index is 0.404. The van der Waals surface area contributed by atoms with Gasteiger partial charge in [-0.2, -0.15) is 0 Å². The predicted octanol–water partition coefficient (Wildman–Crippen LogP) is 1.76. The van der Waals surface area contributed by atoms with Crippen molar-refractivity contribution in [2.24, 2.45) is 0 Å². The molecular formula is C13H6O2. The second-order valence-electron chi connectivity index (χ2n) is 2.98. The fraction of sp³-hybridized carbons (Fsp3) is 0. The van der Waals surface area contributed by atoms with Gasteiger partial charge in [-0.3, -0.25) is 0 Å². The highest BCUT2D eigenvalue weighted by molar-refractivity contribution is 5.80. The molecule has 15 heavy (non-hydrogen) atoms. The fourth-order valence-corrected chi connectivity index (χ4v) is 1.35. The van der Waals surface area contributed by atoms with Crippen molar-refractivity contribution in [2.45, 2.75) is 0 Å². The van der Waals surface area contributed by atoms with Gasteiger partial charge in [-0.15, -0.1) is 12.8 Å². The summed E-state index contributed by atoms with van der Waals surface area (Å²) in [5.41, 5.74) is 1.23. The molecule has 1 heterocycles. The average Bonchev–Trinajstić information content (AvgIpc) is 2.27. The normalized spacial score (nSPS) is 9.47. The van der Waals surface area contributed by atoms with Gasteiger partial charge >= 0.3 is 5.63 Å². The van der Waals surface area contributed by atoms with Crippen molar-refractivity contribution in [1.29, 1.82) is 0 Å². The molecule has 0 radical (unpaired) electrons. The van der Waals surface area contributed by atoms with E-state index in [-0.39, 0.29) is 0 Å². The highest BCUT2D eigenvalue weighted by Gasteiger charge is 2.03. The molecule has 0 N–H and O–H groups in total. The van der Waals surface area contributed by atoms with Crippen LogP contribution in [0, 0.1) is 24.7 Å². The second kappa shape index (κ2) is 3.36. The van der Waals surface area contributed by atoms with E-state index in [1.165, 1.54) is 6.07 Å². The zero-order chi connectivity index (χ0) is 10.8. The average molecular weight is 194 g/mol. The molecule has 0 spiro atoms. The van der Waals surface area contributed by atoms with Gasteiger partial charge in [-0.05, 0) is 18.2 Å². The number of hydrogen-bond acceptors (Lipinski definition) is 2. The lowest BCUT2D eigenvalue weighted by molar-refractivity contribution is 0.561. The number of hydrogen-bond donors (Lipinski definition) is 0. The second-order valence-corrected chi connectivity index (χ2v) is 2.98. The zero-order valence-corrected chi connectivity index (χ0v) is 7.78. The summed E-state index contributed by atoms with van der Waals surface area (Å²) < 4.78 is 4.98. The first-order chi connectivity index (χ1) is 7.24. The van der Waals surface area contributed by atoms with E-state index in [1.54, 1.807) is 18.2 Å². The summed E-state index contributed by atoms with van der Waals surface area (Å²) in [4.78, 5) is 11.0. The molecule has 0 aliphatic heterocycles. The third kappa shape index (κ3) is 1.49. The van der Waals surface area contributed by atoms with Crippen LogP contribution in [0.4, 0.5) is 0 Å². The Bertz CT molecular complexity index is 663. The molecule has 0 aliphatic carbocycles. The Balaban J connectivity index is 2.90. The van der Waals surface area contributed by atoms with Gasteiger partial charge in [0.15, 0.2) is 0 Å². The molecule has 70 valence electrons. The van der Waals surface area contributed by atoms with Gasteiger partial charge < -0.3 is 4.42 Å². The van der Waals surface area contributed by atoms with Gasteiger partial charge in [0.1, 0.15) is 5.58 Å². The standard InChI is InChI=1S/C13H6O2/c1-3-9-7-11-5-6-13(14)15-12(11)8-10(9)4-2/h1-2,5-8H. The van der Waals surface area contributed by atoms with Gasteiger partial charge in [-0.1, -0.05) is 11.8 Å². The van der Waals surface area contributed by atoms with Crippen LogP contribution in [-0.2, 0) is 0 Å². The van der Waals surface area contributed by atoms with Crippen LogP contribution in [0.5, 0.6) is 0 Å². The first-order valence-corrected chi connectivity index (χ1v) is 4.26. The van der Waals surface area contributed by atoms with E-state index in [4.69, 9.17) is 17.3 Å². The first kappa shape index (κ1) is 9.12. The van der Waals surface area contributed by atoms with Crippen LogP contribution in [0.2, 0.25) is 0 Å². The van der Waals surface area contributed by atoms with Crippen molar-refractivity contribution in [2.75, 3.05) is 0 Å². The number of fused-ring (bicyclic) bond motifs is 1. The minimum atomic E-state index is -0.404. The third-order valence-electron chi connectivity index (χ3n) is 2.07. The van der Waals surface area contributed by atoms with E-state index in [9.17, 15) is 4.79 Å². The van der Waals surface area contributed by atoms with Crippen LogP contribution in [-0.4, -0.2) is 0 Å². The lowest BCUT2D eigenvalue weighted by Crippen LogP contribution is -1.95. The summed E-state index contributed by atoms with van der Waals surface area (Å²) in [6.45, 7) is 0. The molecule has 0 unspecified atom stereocenters. The Hall–Kier alpha value is -2.45. The van der Waals surface area contributed by atoms with E-state index >= 15 is 0 Å². The Morgan fingerprint density at radius 2 is 1.73 bits per heavy atom. The maximum atomic E-state index is 11.0. The van der Waals surface area contributed by atoms with E-state index in [0.29, 0.717) is 16.7 Å². The smallest absolute Gasteiger partial charge is 0.336 e. The van der Waals surface area contributed by atoms with E-state index in [2.05, 4.69) is 11.8 Å². The summed E-state index contributed by atoms with van der Waals surface area (Å²) in [7, 11) is 0. The van der Waals surface area contributed by atoms with E-state index < -0.39 is 5.63 Å². The van der Waals surface area contributed by atoms with Crippen LogP contribution >= 0.6 is 0 Å². The molecule has 0 amide bonds. The molecular weight excluding hydrogens is 188 g/mol. The minimum Gasteiger partial charge on any atom is -0.423 e. The maximum Gasteiger partial charge on any atom is 0.336 e. The topological polar surface area (TPSA) is 30.2 Å². The lowest BCUT2D eigenvalue weighted by Gasteiger charge is -1.99. The van der Waals surface area contributed by atoms with Crippen molar-refractivity contribution < 1.29 is 4.42 Å². The summed E-state index contributed by atoms with van der Waals surface area (Å²) >= 11 is 0. The number of terminal acetylenes is 2. The van der Waals surface area contributed by atoms with Crippen LogP contribution in [0.1, 0.15) is 11.1 Å². The third-order valence-corrected chi connectivity index (χ3v) is 2.07. The summed E-state index contributed by atoms with van der Waals surface area (Å²) in [5, 5.41) is 0.765. The molecule has 1 aromatic heterocycles. The van der Waals surface area contributed by atoms with Crippen molar-refractivity contribution in [3.8, 4) is 24.7 Å². The number of rotatable bonds is 0. The maximum absolute atomic E-state index is 11.0. The molecule has 2 heteroatoms. The van der Waals surface area contributed by atoms with Gasteiger partial charge in [0, 0.05) is 22.6 Å². The molecule has 0 saturated heterocycles. The molecule has 0 atom stereocenters. The van der Waals surface area contributed by atoms with Crippen LogP contribution in [0.15, 0.2) is 33.5 Å². The molecule has 0 saturated carbocycles. The van der Waals surface area contributed by atoms with Crippen molar-refractivity contribution >= 4 is 11.0 Å². The molecule has 0 aliphatic rings. The Morgan fingerprint density at radius 1 is 1.07 bits per heavy atom. The molecule has 2 aromatic rings. The Morgan fingerprint density at radius 3 is 2.40 bits per heavy atom. The molecule has 2 nitrogen and oxygen atoms in total. The molecule has 0 fully saturated rings. The van der Waals surface area contributed by atoms with Crippen molar-refractivity contribution in [3.63, 3.8) is 0 Å². The molecule has 1 aromatic carbocycles. The Kier molecular flexibility index (Phi) is 2.04. The highest BCUT2D eigenvalue weighted by atomic mass is 16.4. The van der Waals surface area contributed by atoms with Crippen molar-refractivity contribution in [3.05, 3.63) is 45.8 Å². The van der Waals surface area contributed by atoms with Crippen LogP contribution in [0.3, 0.4) is 0 Å². The van der Waals surface area contributed by atoms with Gasteiger partial charge in [0.25, 0.3) is 0 Å². The number of benzene rings is 1. The van der Waals surface area contributed by atoms with Crippen LogP contribution < -0.4 is 5.63 Å². The summed E-state index contributed by atoms with van der Waals surface area (Å²) in [5.74, 6) is 4.94. The fourth-order valence-electron chi connectivity index (χ4n) is 1.35. The van der Waals surface area contributed by atoms with Crippen molar-refractivity contribution in [1.82, 2.24) is 0 Å². The Labute approximate surface area is 86.5 Å². The molecule has 2 rings (SSSR count). The zero-order valence-electron chi connectivity index (χ0n) is 7.78. The first-order valence-electron chi connectivity index (χ1n) is 4.26. The summed E-state index contributed by atoms with van der Waals surface area (Å²) in [6, 6.07) is 6.33. The SMILES string of the molecule is C#Cc1cc2ccc(=O)oc2cc1C#C. The van der Waals surface area contributed by atoms with Gasteiger partial charge in [0.05, 0.1) is 0 Å². The van der Waals surface area contributed by atoms with Gasteiger partial charge in [-0.25, -0.2) is 4.79 Å². The van der Waals surface area contributed by atoms with E-state index in [1.807, 2.05) is 0 Å². The molecule has 0 bridgehead atoms. The predicted molar refractivity (Wildman–Crippen MR) is 58.4 cm³/mol. The van der Waals surface area contributed by atoms with Crippen LogP contribution in [0.25, 0.3) is 11.0 Å². The largest absolute Gasteiger partial charge is 0.423 e. The monoisotopic (exact) mass is 194 g/mol. The highest BCUT2D eigenvalue weighted by Crippen LogP contribution is 2.17. The quantitative estimate of drug-likeness (QED) is 0.472. The van der Waals surface area contributed by atoms with E-state index in [0.717, 1.165) is 5.39 Å². The summed E-state index contributed by atoms with van der Waals surface area (Å²) in [6.07, 6.45) is 10.6.